The predicted octanol–water partition coefficient (Wildman–Crippen LogP) is 4.94. The average Bonchev–Trinajstić information content (AvgIpc) is 3.56. The molecule has 0 bridgehead atoms. The van der Waals surface area contributed by atoms with Gasteiger partial charge in [-0.25, -0.2) is 0 Å². The number of carbonyl (C=O) groups excluding carboxylic acids is 2. The topological polar surface area (TPSA) is 138 Å². The molecule has 3 heterocycles. The van der Waals surface area contributed by atoms with E-state index in [1.807, 2.05) is 42.5 Å². The second-order valence-electron chi connectivity index (χ2n) is 11.7. The van der Waals surface area contributed by atoms with Crippen molar-refractivity contribution < 1.29 is 38.7 Å². The lowest BCUT2D eigenvalue weighted by atomic mass is 9.58. The van der Waals surface area contributed by atoms with E-state index in [2.05, 4.69) is 6.92 Å². The van der Waals surface area contributed by atoms with Gasteiger partial charge in [-0.15, -0.1) is 0 Å². The fraction of sp³-hybridized carbons (Fsp3) is 0.485. The summed E-state index contributed by atoms with van der Waals surface area (Å²) in [6.07, 6.45) is 6.10. The Balaban J connectivity index is 1.36. The summed E-state index contributed by atoms with van der Waals surface area (Å²) in [4.78, 5) is 39.3. The molecule has 0 radical (unpaired) electrons. The third-order valence-corrected chi connectivity index (χ3v) is 9.07. The van der Waals surface area contributed by atoms with Crippen LogP contribution in [0.5, 0.6) is 0 Å². The number of hydrogen-bond acceptors (Lipinski definition) is 7. The standard InChI is InChI=1S/C33H40BNO8/c1-2-21-18-26-31(33(40)35(32(26)39)16-8-4-7-11-29(37)38)27-19-34(41)43-28(30(21)27)15-12-23(22-9-5-3-6-10-22)17-24-13-14-25(20-36)42-24/h3,5-6,9-10,13-14,17,26-28,31,36,41H,2,4,7-8,11-12,15-16,18-20H2,1H3,(H,37,38)/b23-17-/t26-,27+,28-,31-/m1/s1. The second kappa shape index (κ2) is 13.9. The van der Waals surface area contributed by atoms with Gasteiger partial charge in [-0.05, 0) is 85.7 Å². The molecule has 10 heteroatoms. The van der Waals surface area contributed by atoms with Crippen LogP contribution in [0.3, 0.4) is 0 Å². The lowest BCUT2D eigenvalue weighted by molar-refractivity contribution is -0.141. The van der Waals surface area contributed by atoms with Gasteiger partial charge in [0.1, 0.15) is 18.1 Å². The summed E-state index contributed by atoms with van der Waals surface area (Å²) >= 11 is 0. The summed E-state index contributed by atoms with van der Waals surface area (Å²) in [6, 6.07) is 13.5. The minimum Gasteiger partial charge on any atom is -0.481 e. The monoisotopic (exact) mass is 589 g/mol. The number of imide groups is 1. The molecular weight excluding hydrogens is 549 g/mol. The van der Waals surface area contributed by atoms with Crippen LogP contribution in [-0.2, 0) is 25.6 Å². The number of aliphatic carboxylic acids is 1. The number of benzene rings is 1. The maximum atomic E-state index is 13.7. The summed E-state index contributed by atoms with van der Waals surface area (Å²) in [5.41, 5.74) is 4.25. The molecule has 3 N–H and O–H groups in total. The predicted molar refractivity (Wildman–Crippen MR) is 161 cm³/mol. The lowest BCUT2D eigenvalue weighted by Crippen LogP contribution is -2.46. The molecule has 2 aliphatic heterocycles. The zero-order valence-corrected chi connectivity index (χ0v) is 24.6. The second-order valence-corrected chi connectivity index (χ2v) is 11.7. The zero-order valence-electron chi connectivity index (χ0n) is 24.6. The van der Waals surface area contributed by atoms with Crippen LogP contribution >= 0.6 is 0 Å². The van der Waals surface area contributed by atoms with Crippen molar-refractivity contribution in [3.8, 4) is 0 Å². The Morgan fingerprint density at radius 2 is 1.84 bits per heavy atom. The van der Waals surface area contributed by atoms with Crippen LogP contribution in [-0.4, -0.2) is 57.7 Å². The number of allylic oxidation sites excluding steroid dienone is 2. The summed E-state index contributed by atoms with van der Waals surface area (Å²) in [6.45, 7) is 2.18. The van der Waals surface area contributed by atoms with Crippen LogP contribution < -0.4 is 0 Å². The van der Waals surface area contributed by atoms with Crippen molar-refractivity contribution in [3.05, 3.63) is 70.7 Å². The van der Waals surface area contributed by atoms with Crippen molar-refractivity contribution >= 4 is 36.6 Å². The number of carboxylic acid groups (broad SMARTS) is 1. The lowest BCUT2D eigenvalue weighted by Gasteiger charge is -2.43. The van der Waals surface area contributed by atoms with Crippen LogP contribution in [0.25, 0.3) is 11.6 Å². The normalized spacial score (nSPS) is 24.0. The van der Waals surface area contributed by atoms with Gasteiger partial charge in [-0.2, -0.15) is 0 Å². The summed E-state index contributed by atoms with van der Waals surface area (Å²) in [5.74, 6) is -1.26. The first-order chi connectivity index (χ1) is 20.8. The Kier molecular flexibility index (Phi) is 10.0. The van der Waals surface area contributed by atoms with Crippen molar-refractivity contribution in [2.75, 3.05) is 6.54 Å². The van der Waals surface area contributed by atoms with Crippen molar-refractivity contribution in [1.82, 2.24) is 4.90 Å². The van der Waals surface area contributed by atoms with Gasteiger partial charge in [0, 0.05) is 13.0 Å². The number of amides is 2. The van der Waals surface area contributed by atoms with Crippen LogP contribution in [0, 0.1) is 17.8 Å². The Morgan fingerprint density at radius 3 is 2.53 bits per heavy atom. The molecule has 5 rings (SSSR count). The molecule has 4 atom stereocenters. The minimum absolute atomic E-state index is 0.0774. The van der Waals surface area contributed by atoms with E-state index >= 15 is 0 Å². The Labute approximate surface area is 252 Å². The molecule has 2 aromatic rings. The van der Waals surface area contributed by atoms with Crippen molar-refractivity contribution in [2.24, 2.45) is 17.8 Å². The van der Waals surface area contributed by atoms with Crippen LogP contribution in [0.2, 0.25) is 6.32 Å². The molecule has 1 aromatic carbocycles. The molecule has 1 aliphatic carbocycles. The maximum Gasteiger partial charge on any atom is 0.455 e. The van der Waals surface area contributed by atoms with Gasteiger partial charge in [0.15, 0.2) is 0 Å². The van der Waals surface area contributed by atoms with E-state index in [4.69, 9.17) is 14.2 Å². The van der Waals surface area contributed by atoms with E-state index in [1.165, 1.54) is 4.90 Å². The van der Waals surface area contributed by atoms with Gasteiger partial charge in [-0.1, -0.05) is 49.2 Å². The van der Waals surface area contributed by atoms with Crippen molar-refractivity contribution in [1.29, 1.82) is 0 Å². The number of carboxylic acids is 1. The highest BCUT2D eigenvalue weighted by Crippen LogP contribution is 2.51. The molecule has 0 saturated carbocycles. The maximum absolute atomic E-state index is 13.7. The highest BCUT2D eigenvalue weighted by molar-refractivity contribution is 6.43. The number of carbonyl (C=O) groups is 3. The molecule has 9 nitrogen and oxygen atoms in total. The van der Waals surface area contributed by atoms with Gasteiger partial charge in [-0.3, -0.25) is 19.3 Å². The number of aliphatic hydroxyl groups excluding tert-OH is 1. The highest BCUT2D eigenvalue weighted by Gasteiger charge is 2.56. The quantitative estimate of drug-likeness (QED) is 0.129. The van der Waals surface area contributed by atoms with Gasteiger partial charge in [0.2, 0.25) is 11.8 Å². The number of nitrogens with zero attached hydrogens (tertiary/aromatic N) is 1. The number of hydrogen-bond donors (Lipinski definition) is 3. The first-order valence-electron chi connectivity index (χ1n) is 15.4. The zero-order chi connectivity index (χ0) is 30.5. The van der Waals surface area contributed by atoms with Crippen LogP contribution in [0.15, 0.2) is 58.0 Å². The van der Waals surface area contributed by atoms with Gasteiger partial charge < -0.3 is 24.3 Å². The molecule has 2 amide bonds. The Morgan fingerprint density at radius 1 is 1.05 bits per heavy atom. The summed E-state index contributed by atoms with van der Waals surface area (Å²) in [5, 5.41) is 29.2. The van der Waals surface area contributed by atoms with E-state index in [9.17, 15) is 24.5 Å². The van der Waals surface area contributed by atoms with Crippen molar-refractivity contribution in [2.45, 2.75) is 77.3 Å². The molecule has 228 valence electrons. The number of aliphatic hydroxyl groups is 1. The van der Waals surface area contributed by atoms with E-state index in [1.54, 1.807) is 6.07 Å². The fourth-order valence-corrected chi connectivity index (χ4v) is 7.08. The SMILES string of the molecule is CCC1=C2[C@@H](CC/C(=C/c3ccc(CO)o3)c3ccccc3)OB(O)C[C@@H]2[C@@H]2C(=O)N(CCCCCC(=O)O)C(=O)[C@@H]2C1. The summed E-state index contributed by atoms with van der Waals surface area (Å²) < 4.78 is 11.9. The van der Waals surface area contributed by atoms with Gasteiger partial charge in [0.25, 0.3) is 0 Å². The molecule has 0 unspecified atom stereocenters. The number of rotatable bonds is 13. The Bertz CT molecular complexity index is 1380. The van der Waals surface area contributed by atoms with E-state index in [0.29, 0.717) is 56.6 Å². The van der Waals surface area contributed by atoms with E-state index in [-0.39, 0.29) is 37.1 Å². The highest BCUT2D eigenvalue weighted by atomic mass is 16.5. The molecule has 3 aliphatic rings. The summed E-state index contributed by atoms with van der Waals surface area (Å²) in [7, 11) is -1.04. The first-order valence-corrected chi connectivity index (χ1v) is 15.4. The van der Waals surface area contributed by atoms with E-state index in [0.717, 1.165) is 28.7 Å². The molecule has 1 aromatic heterocycles. The number of furan rings is 1. The van der Waals surface area contributed by atoms with Crippen LogP contribution in [0.4, 0.5) is 0 Å². The third kappa shape index (κ3) is 6.87. The smallest absolute Gasteiger partial charge is 0.455 e. The minimum atomic E-state index is -1.04. The van der Waals surface area contributed by atoms with Crippen LogP contribution in [0.1, 0.15) is 75.4 Å². The third-order valence-electron chi connectivity index (χ3n) is 9.07. The van der Waals surface area contributed by atoms with Gasteiger partial charge in [0.05, 0.1) is 17.9 Å². The molecule has 2 saturated heterocycles. The number of fused-ring (bicyclic) bond motifs is 3. The molecule has 43 heavy (non-hydrogen) atoms. The molecular formula is C33H40BNO8. The molecule has 2 fully saturated rings. The van der Waals surface area contributed by atoms with Crippen molar-refractivity contribution in [3.63, 3.8) is 0 Å². The number of likely N-dealkylation sites (tertiary alicyclic amines) is 1. The largest absolute Gasteiger partial charge is 0.481 e. The first kappa shape index (κ1) is 31.0. The fourth-order valence-electron chi connectivity index (χ4n) is 7.08. The van der Waals surface area contributed by atoms with E-state index < -0.39 is 31.0 Å². The number of unbranched alkanes of at least 4 members (excludes halogenated alkanes) is 2. The van der Waals surface area contributed by atoms with Gasteiger partial charge >= 0.3 is 13.1 Å². The average molecular weight is 589 g/mol. The molecule has 0 spiro atoms. The Hall–Kier alpha value is -3.47.